The summed E-state index contributed by atoms with van der Waals surface area (Å²) in [6.07, 6.45) is 1.47. The monoisotopic (exact) mass is 474 g/mol. The highest BCUT2D eigenvalue weighted by molar-refractivity contribution is 6.23. The van der Waals surface area contributed by atoms with E-state index in [-0.39, 0.29) is 17.6 Å². The molecule has 1 aliphatic carbocycles. The van der Waals surface area contributed by atoms with Crippen LogP contribution in [0.1, 0.15) is 47.8 Å². The lowest BCUT2D eigenvalue weighted by Gasteiger charge is -2.07. The quantitative estimate of drug-likeness (QED) is 0.338. The van der Waals surface area contributed by atoms with Crippen LogP contribution in [-0.4, -0.2) is 30.7 Å². The molecular weight excluding hydrogens is 448 g/mol. The van der Waals surface area contributed by atoms with Gasteiger partial charge < -0.3 is 10.6 Å². The number of hydrogen-bond donors (Lipinski definition) is 2. The molecular formula is C31H26N2O3. The highest BCUT2D eigenvalue weighted by Crippen LogP contribution is 2.37. The average Bonchev–Trinajstić information content (AvgIpc) is 3.20. The molecule has 0 heterocycles. The van der Waals surface area contributed by atoms with E-state index < -0.39 is 0 Å². The first-order chi connectivity index (χ1) is 17.6. The maximum absolute atomic E-state index is 13.2. The van der Waals surface area contributed by atoms with E-state index in [1.54, 1.807) is 24.3 Å². The Morgan fingerprint density at radius 2 is 0.944 bits per heavy atom. The minimum absolute atomic E-state index is 0.169. The van der Waals surface area contributed by atoms with Crippen LogP contribution in [0.25, 0.3) is 11.1 Å². The SMILES string of the molecule is O=C(NCCc1ccccc1)c1ccc2c(c1)C(=O)c1cc(C(=O)NCCc3ccccc3)ccc1-2. The summed E-state index contributed by atoms with van der Waals surface area (Å²) >= 11 is 0. The van der Waals surface area contributed by atoms with Gasteiger partial charge in [-0.1, -0.05) is 72.8 Å². The van der Waals surface area contributed by atoms with Crippen LogP contribution in [0.15, 0.2) is 97.1 Å². The number of rotatable bonds is 8. The molecule has 1 aliphatic rings. The number of benzene rings is 4. The molecule has 0 saturated carbocycles. The van der Waals surface area contributed by atoms with E-state index in [4.69, 9.17) is 0 Å². The molecule has 4 aromatic rings. The van der Waals surface area contributed by atoms with Crippen LogP contribution in [0.3, 0.4) is 0 Å². The summed E-state index contributed by atoms with van der Waals surface area (Å²) in [6.45, 7) is 1.02. The van der Waals surface area contributed by atoms with Gasteiger partial charge in [-0.15, -0.1) is 0 Å². The lowest BCUT2D eigenvalue weighted by Crippen LogP contribution is -2.26. The Balaban J connectivity index is 1.24. The maximum atomic E-state index is 13.2. The van der Waals surface area contributed by atoms with Crippen molar-refractivity contribution in [3.05, 3.63) is 130 Å². The van der Waals surface area contributed by atoms with Gasteiger partial charge in [0.15, 0.2) is 5.78 Å². The van der Waals surface area contributed by atoms with Crippen molar-refractivity contribution < 1.29 is 14.4 Å². The van der Waals surface area contributed by atoms with Gasteiger partial charge >= 0.3 is 0 Å². The van der Waals surface area contributed by atoms with Crippen LogP contribution < -0.4 is 10.6 Å². The number of carbonyl (C=O) groups excluding carboxylic acids is 3. The third-order valence-electron chi connectivity index (χ3n) is 6.43. The van der Waals surface area contributed by atoms with Gasteiger partial charge in [0.1, 0.15) is 0 Å². The zero-order valence-corrected chi connectivity index (χ0v) is 19.8. The van der Waals surface area contributed by atoms with Crippen molar-refractivity contribution in [1.82, 2.24) is 10.6 Å². The van der Waals surface area contributed by atoms with Crippen molar-refractivity contribution in [2.24, 2.45) is 0 Å². The fraction of sp³-hybridized carbons (Fsp3) is 0.129. The number of ketones is 1. The van der Waals surface area contributed by atoms with Crippen LogP contribution in [-0.2, 0) is 12.8 Å². The maximum Gasteiger partial charge on any atom is 0.251 e. The molecule has 5 nitrogen and oxygen atoms in total. The molecule has 2 N–H and O–H groups in total. The Kier molecular flexibility index (Phi) is 6.72. The summed E-state index contributed by atoms with van der Waals surface area (Å²) in [4.78, 5) is 38.5. The molecule has 5 heteroatoms. The lowest BCUT2D eigenvalue weighted by molar-refractivity contribution is 0.0946. The lowest BCUT2D eigenvalue weighted by atomic mass is 10.0. The van der Waals surface area contributed by atoms with Gasteiger partial charge in [-0.25, -0.2) is 0 Å². The first kappa shape index (κ1) is 23.2. The number of carbonyl (C=O) groups is 3. The van der Waals surface area contributed by atoms with Crippen molar-refractivity contribution in [2.45, 2.75) is 12.8 Å². The first-order valence-electron chi connectivity index (χ1n) is 12.1. The number of hydrogen-bond acceptors (Lipinski definition) is 3. The summed E-state index contributed by atoms with van der Waals surface area (Å²) in [6, 6.07) is 30.3. The predicted molar refractivity (Wildman–Crippen MR) is 140 cm³/mol. The third kappa shape index (κ3) is 4.96. The Bertz CT molecular complexity index is 1320. The summed E-state index contributed by atoms with van der Waals surface area (Å²) in [5.41, 5.74) is 5.74. The fourth-order valence-electron chi connectivity index (χ4n) is 4.50. The van der Waals surface area contributed by atoms with Gasteiger partial charge in [0.05, 0.1) is 0 Å². The molecule has 36 heavy (non-hydrogen) atoms. The molecule has 0 saturated heterocycles. The fourth-order valence-corrected chi connectivity index (χ4v) is 4.50. The normalized spacial score (nSPS) is 11.5. The van der Waals surface area contributed by atoms with E-state index in [1.807, 2.05) is 72.8 Å². The molecule has 0 unspecified atom stereocenters. The van der Waals surface area contributed by atoms with Crippen LogP contribution >= 0.6 is 0 Å². The van der Waals surface area contributed by atoms with Crippen molar-refractivity contribution in [3.8, 4) is 11.1 Å². The van der Waals surface area contributed by atoms with Crippen molar-refractivity contribution in [2.75, 3.05) is 13.1 Å². The summed E-state index contributed by atoms with van der Waals surface area (Å²) < 4.78 is 0. The second kappa shape index (κ2) is 10.4. The van der Waals surface area contributed by atoms with E-state index in [1.165, 1.54) is 0 Å². The van der Waals surface area contributed by atoms with Crippen molar-refractivity contribution in [1.29, 1.82) is 0 Å². The summed E-state index contributed by atoms with van der Waals surface area (Å²) in [7, 11) is 0. The average molecular weight is 475 g/mol. The van der Waals surface area contributed by atoms with Crippen LogP contribution in [0.2, 0.25) is 0 Å². The smallest absolute Gasteiger partial charge is 0.251 e. The predicted octanol–water partition coefficient (Wildman–Crippen LogP) is 4.84. The van der Waals surface area contributed by atoms with Crippen molar-refractivity contribution >= 4 is 17.6 Å². The molecule has 0 aliphatic heterocycles. The van der Waals surface area contributed by atoms with Crippen LogP contribution in [0.4, 0.5) is 0 Å². The molecule has 0 radical (unpaired) electrons. The molecule has 0 spiro atoms. The van der Waals surface area contributed by atoms with Gasteiger partial charge in [0.25, 0.3) is 11.8 Å². The van der Waals surface area contributed by atoms with Crippen molar-refractivity contribution in [3.63, 3.8) is 0 Å². The molecule has 0 aromatic heterocycles. The standard InChI is InChI=1S/C31H26N2O3/c34-29-27-19-23(30(35)32-17-15-21-7-3-1-4-8-21)11-13-25(27)26-14-12-24(20-28(26)29)31(36)33-18-16-22-9-5-2-6-10-22/h1-14,19-20H,15-18H2,(H,32,35)(H,33,36). The molecule has 0 fully saturated rings. The first-order valence-corrected chi connectivity index (χ1v) is 12.1. The van der Waals surface area contributed by atoms with Crippen LogP contribution in [0, 0.1) is 0 Å². The van der Waals surface area contributed by atoms with E-state index in [2.05, 4.69) is 10.6 Å². The number of nitrogens with one attached hydrogen (secondary N) is 2. The molecule has 4 aromatic carbocycles. The zero-order valence-electron chi connectivity index (χ0n) is 19.8. The molecule has 0 atom stereocenters. The number of amides is 2. The minimum Gasteiger partial charge on any atom is -0.352 e. The second-order valence-electron chi connectivity index (χ2n) is 8.83. The second-order valence-corrected chi connectivity index (χ2v) is 8.83. The Morgan fingerprint density at radius 1 is 0.528 bits per heavy atom. The highest BCUT2D eigenvalue weighted by atomic mass is 16.2. The van der Waals surface area contributed by atoms with Gasteiger partial charge in [-0.05, 0) is 59.4 Å². The Labute approximate surface area is 210 Å². The topological polar surface area (TPSA) is 75.3 Å². The minimum atomic E-state index is -0.212. The Hall–Kier alpha value is -4.51. The summed E-state index contributed by atoms with van der Waals surface area (Å²) in [5, 5.41) is 5.85. The van der Waals surface area contributed by atoms with E-state index in [0.29, 0.717) is 35.3 Å². The van der Waals surface area contributed by atoms with E-state index in [9.17, 15) is 14.4 Å². The molecule has 2 amide bonds. The zero-order chi connectivity index (χ0) is 24.9. The highest BCUT2D eigenvalue weighted by Gasteiger charge is 2.28. The largest absolute Gasteiger partial charge is 0.352 e. The third-order valence-corrected chi connectivity index (χ3v) is 6.43. The molecule has 0 bridgehead atoms. The van der Waals surface area contributed by atoms with Gasteiger partial charge in [0, 0.05) is 35.3 Å². The van der Waals surface area contributed by atoms with Gasteiger partial charge in [-0.2, -0.15) is 0 Å². The van der Waals surface area contributed by atoms with Gasteiger partial charge in [-0.3, -0.25) is 14.4 Å². The molecule has 178 valence electrons. The van der Waals surface area contributed by atoms with Crippen LogP contribution in [0.5, 0.6) is 0 Å². The number of fused-ring (bicyclic) bond motifs is 3. The van der Waals surface area contributed by atoms with Gasteiger partial charge in [0.2, 0.25) is 0 Å². The summed E-state index contributed by atoms with van der Waals surface area (Å²) in [5.74, 6) is -0.593. The van der Waals surface area contributed by atoms with E-state index in [0.717, 1.165) is 35.1 Å². The van der Waals surface area contributed by atoms with E-state index >= 15 is 0 Å². The Morgan fingerprint density at radius 3 is 1.36 bits per heavy atom. The molecule has 5 rings (SSSR count).